The van der Waals surface area contributed by atoms with Crippen LogP contribution in [0, 0.1) is 5.92 Å². The van der Waals surface area contributed by atoms with Crippen molar-refractivity contribution >= 4 is 7.82 Å². The van der Waals surface area contributed by atoms with Gasteiger partial charge < -0.3 is 11.2 Å². The van der Waals surface area contributed by atoms with Gasteiger partial charge in [-0.3, -0.25) is 4.52 Å². The third-order valence-electron chi connectivity index (χ3n) is 3.41. The summed E-state index contributed by atoms with van der Waals surface area (Å²) >= 11 is 0. The van der Waals surface area contributed by atoms with Crippen LogP contribution in [0.1, 0.15) is 79.5 Å². The molecule has 0 saturated heterocycles. The molecule has 4 nitrogen and oxygen atoms in total. The van der Waals surface area contributed by atoms with Crippen LogP contribution in [0.3, 0.4) is 0 Å². The van der Waals surface area contributed by atoms with Crippen molar-refractivity contribution < 1.29 is 71.7 Å². The Morgan fingerprint density at radius 2 is 1.45 bits per heavy atom. The Labute approximate surface area is 168 Å². The zero-order valence-corrected chi connectivity index (χ0v) is 17.5. The zero-order chi connectivity index (χ0) is 14.6. The molecule has 118 valence electrons. The largest absolute Gasteiger partial charge is 1.00 e. The van der Waals surface area contributed by atoms with Gasteiger partial charge >= 0.3 is 59.2 Å². The van der Waals surface area contributed by atoms with Crippen LogP contribution in [0.2, 0.25) is 0 Å². The van der Waals surface area contributed by atoms with E-state index in [0.717, 1.165) is 32.1 Å². The van der Waals surface area contributed by atoms with E-state index >= 15 is 0 Å². The molecule has 0 aromatic heterocycles. The van der Waals surface area contributed by atoms with Crippen molar-refractivity contribution in [1.82, 2.24) is 0 Å². The molecule has 0 radical (unpaired) electrons. The molecule has 0 amide bonds. The zero-order valence-electron chi connectivity index (χ0n) is 14.5. The van der Waals surface area contributed by atoms with Gasteiger partial charge in [0.15, 0.2) is 0 Å². The second-order valence-electron chi connectivity index (χ2n) is 5.35. The van der Waals surface area contributed by atoms with E-state index in [1.807, 2.05) is 0 Å². The molecular formula is C14H32KO4P. The Bertz CT molecular complexity index is 251. The number of rotatable bonds is 13. The molecule has 0 bridgehead atoms. The molecule has 0 aliphatic heterocycles. The van der Waals surface area contributed by atoms with E-state index < -0.39 is 7.82 Å². The van der Waals surface area contributed by atoms with Gasteiger partial charge in [0.2, 0.25) is 0 Å². The fourth-order valence-corrected chi connectivity index (χ4v) is 2.62. The maximum atomic E-state index is 10.7. The molecule has 0 aliphatic carbocycles. The van der Waals surface area contributed by atoms with Crippen molar-refractivity contribution in [3.8, 4) is 0 Å². The van der Waals surface area contributed by atoms with Crippen molar-refractivity contribution in [1.29, 1.82) is 0 Å². The van der Waals surface area contributed by atoms with Gasteiger partial charge in [0.1, 0.15) is 0 Å². The van der Waals surface area contributed by atoms with Gasteiger partial charge in [-0.25, -0.2) is 4.57 Å². The minimum absolute atomic E-state index is 0. The van der Waals surface area contributed by atoms with Crippen LogP contribution in [0.25, 0.3) is 0 Å². The number of hydrogen-bond acceptors (Lipinski definition) is 2. The fourth-order valence-electron chi connectivity index (χ4n) is 2.22. The Balaban J connectivity index is -0.00000162. The van der Waals surface area contributed by atoms with Gasteiger partial charge in [0.25, 0.3) is 0 Å². The standard InChI is InChI=1S/C14H31O4P.K.H/c1-3-5-7-8-9-10-12-14(11-6-4-2)13-18-19(15,16)17;;/h14H,3-13H2,1-2H3,(H2,15,16,17);;/q;+1;-1. The van der Waals surface area contributed by atoms with Gasteiger partial charge in [0, 0.05) is 0 Å². The van der Waals surface area contributed by atoms with Crippen LogP contribution in [0.15, 0.2) is 0 Å². The quantitative estimate of drug-likeness (QED) is 0.306. The van der Waals surface area contributed by atoms with Gasteiger partial charge in [-0.2, -0.15) is 0 Å². The molecule has 6 heteroatoms. The van der Waals surface area contributed by atoms with E-state index in [1.54, 1.807) is 0 Å². The van der Waals surface area contributed by atoms with Crippen LogP contribution in [0.5, 0.6) is 0 Å². The van der Waals surface area contributed by atoms with E-state index in [0.29, 0.717) is 5.92 Å². The molecule has 0 fully saturated rings. The summed E-state index contributed by atoms with van der Waals surface area (Å²) in [7, 11) is -4.31. The number of unbranched alkanes of at least 4 members (excludes halogenated alkanes) is 6. The fraction of sp³-hybridized carbons (Fsp3) is 1.00. The predicted octanol–water partition coefficient (Wildman–Crippen LogP) is 1.77. The van der Waals surface area contributed by atoms with Crippen molar-refractivity contribution in [2.24, 2.45) is 5.92 Å². The van der Waals surface area contributed by atoms with E-state index in [4.69, 9.17) is 9.79 Å². The molecule has 0 aromatic rings. The Morgan fingerprint density at radius 3 is 2.00 bits per heavy atom. The predicted molar refractivity (Wildman–Crippen MR) is 80.1 cm³/mol. The van der Waals surface area contributed by atoms with Crippen molar-refractivity contribution in [2.75, 3.05) is 6.61 Å². The normalized spacial score (nSPS) is 13.0. The maximum Gasteiger partial charge on any atom is 1.00 e. The summed E-state index contributed by atoms with van der Waals surface area (Å²) in [6.07, 6.45) is 11.7. The average Bonchev–Trinajstić information content (AvgIpc) is 2.34. The minimum atomic E-state index is -4.31. The molecule has 0 heterocycles. The maximum absolute atomic E-state index is 10.7. The smallest absolute Gasteiger partial charge is 1.00 e. The second-order valence-corrected chi connectivity index (χ2v) is 6.59. The summed E-state index contributed by atoms with van der Waals surface area (Å²) < 4.78 is 15.4. The van der Waals surface area contributed by atoms with Crippen LogP contribution in [-0.4, -0.2) is 16.4 Å². The van der Waals surface area contributed by atoms with Crippen molar-refractivity contribution in [3.63, 3.8) is 0 Å². The third-order valence-corrected chi connectivity index (χ3v) is 3.90. The number of hydrogen-bond donors (Lipinski definition) is 2. The minimum Gasteiger partial charge on any atom is -1.00 e. The SMILES string of the molecule is CCCCCCCCC(CCCC)COP(=O)(O)O.[H-].[K+]. The molecule has 2 N–H and O–H groups in total. The average molecular weight is 334 g/mol. The first-order valence-electron chi connectivity index (χ1n) is 7.69. The summed E-state index contributed by atoms with van der Waals surface area (Å²) in [6, 6.07) is 0. The summed E-state index contributed by atoms with van der Waals surface area (Å²) in [5.41, 5.74) is 0. The molecule has 0 saturated carbocycles. The Morgan fingerprint density at radius 1 is 0.950 bits per heavy atom. The van der Waals surface area contributed by atoms with Crippen molar-refractivity contribution in [2.45, 2.75) is 78.1 Å². The molecule has 1 atom stereocenters. The molecular weight excluding hydrogens is 302 g/mol. The van der Waals surface area contributed by atoms with E-state index in [-0.39, 0.29) is 59.4 Å². The molecule has 0 spiro atoms. The molecule has 20 heavy (non-hydrogen) atoms. The van der Waals surface area contributed by atoms with E-state index in [9.17, 15) is 4.57 Å². The summed E-state index contributed by atoms with van der Waals surface area (Å²) in [5, 5.41) is 0. The van der Waals surface area contributed by atoms with Gasteiger partial charge in [-0.05, 0) is 18.8 Å². The summed E-state index contributed by atoms with van der Waals surface area (Å²) in [6.45, 7) is 4.53. The molecule has 0 rings (SSSR count). The molecule has 1 unspecified atom stereocenters. The van der Waals surface area contributed by atoms with Crippen LogP contribution in [-0.2, 0) is 9.09 Å². The van der Waals surface area contributed by atoms with Crippen LogP contribution in [0.4, 0.5) is 0 Å². The number of phosphoric ester groups is 1. The van der Waals surface area contributed by atoms with E-state index in [2.05, 4.69) is 18.4 Å². The molecule has 0 aliphatic rings. The van der Waals surface area contributed by atoms with Gasteiger partial charge in [-0.1, -0.05) is 65.2 Å². The topological polar surface area (TPSA) is 66.8 Å². The van der Waals surface area contributed by atoms with E-state index in [1.165, 1.54) is 32.1 Å². The van der Waals surface area contributed by atoms with Crippen LogP contribution < -0.4 is 51.4 Å². The van der Waals surface area contributed by atoms with Crippen LogP contribution >= 0.6 is 7.82 Å². The monoisotopic (exact) mass is 334 g/mol. The van der Waals surface area contributed by atoms with Gasteiger partial charge in [0.05, 0.1) is 6.61 Å². The first-order valence-corrected chi connectivity index (χ1v) is 9.22. The first-order chi connectivity index (χ1) is 8.99. The second kappa shape index (κ2) is 15.6. The Kier molecular flexibility index (Phi) is 18.8. The summed E-state index contributed by atoms with van der Waals surface area (Å²) in [4.78, 5) is 17.5. The summed E-state index contributed by atoms with van der Waals surface area (Å²) in [5.74, 6) is 0.291. The van der Waals surface area contributed by atoms with Gasteiger partial charge in [-0.15, -0.1) is 0 Å². The molecule has 0 aromatic carbocycles. The Hall–Kier alpha value is 1.75. The first kappa shape index (κ1) is 24.0. The third kappa shape index (κ3) is 17.8. The number of phosphoric acid groups is 1. The van der Waals surface area contributed by atoms with Crippen molar-refractivity contribution in [3.05, 3.63) is 0 Å².